The van der Waals surface area contributed by atoms with Gasteiger partial charge in [0.1, 0.15) is 0 Å². The monoisotopic (exact) mass is 256 g/mol. The van der Waals surface area contributed by atoms with Gasteiger partial charge in [0.2, 0.25) is 5.91 Å². The van der Waals surface area contributed by atoms with Crippen LogP contribution in [0.4, 0.5) is 0 Å². The molecule has 1 amide bonds. The van der Waals surface area contributed by atoms with Crippen molar-refractivity contribution in [3.8, 4) is 0 Å². The molecule has 0 bridgehead atoms. The zero-order chi connectivity index (χ0) is 13.1. The summed E-state index contributed by atoms with van der Waals surface area (Å²) < 4.78 is 5.47. The van der Waals surface area contributed by atoms with Gasteiger partial charge in [-0.2, -0.15) is 0 Å². The Balaban J connectivity index is 1.82. The maximum atomic E-state index is 11.5. The van der Waals surface area contributed by atoms with Crippen molar-refractivity contribution in [1.29, 1.82) is 0 Å². The van der Waals surface area contributed by atoms with Crippen LogP contribution in [0.5, 0.6) is 0 Å². The van der Waals surface area contributed by atoms with E-state index in [0.717, 1.165) is 26.2 Å². The average Bonchev–Trinajstić information content (AvgIpc) is 2.70. The first-order valence-electron chi connectivity index (χ1n) is 6.87. The van der Waals surface area contributed by atoms with E-state index in [0.29, 0.717) is 31.6 Å². The van der Waals surface area contributed by atoms with Crippen molar-refractivity contribution in [3.05, 3.63) is 0 Å². The van der Waals surface area contributed by atoms with Gasteiger partial charge < -0.3 is 14.7 Å². The third kappa shape index (κ3) is 3.22. The van der Waals surface area contributed by atoms with Gasteiger partial charge in [-0.05, 0) is 20.3 Å². The van der Waals surface area contributed by atoms with E-state index in [9.17, 15) is 9.90 Å². The fraction of sp³-hybridized carbons (Fsp3) is 0.923. The second-order valence-electron chi connectivity index (χ2n) is 5.53. The Bertz CT molecular complexity index is 288. The summed E-state index contributed by atoms with van der Waals surface area (Å²) >= 11 is 0. The van der Waals surface area contributed by atoms with E-state index in [-0.39, 0.29) is 5.91 Å². The van der Waals surface area contributed by atoms with Gasteiger partial charge in [-0.25, -0.2) is 0 Å². The number of hydrogen-bond donors (Lipinski definition) is 1. The number of aliphatic hydroxyl groups excluding tert-OH is 1. The number of carbonyl (C=O) groups is 1. The molecule has 5 heteroatoms. The maximum Gasteiger partial charge on any atom is 0.222 e. The zero-order valence-electron chi connectivity index (χ0n) is 11.3. The molecule has 5 nitrogen and oxygen atoms in total. The number of hydrogen-bond acceptors (Lipinski definition) is 4. The van der Waals surface area contributed by atoms with E-state index in [1.807, 2.05) is 0 Å². The second-order valence-corrected chi connectivity index (χ2v) is 5.53. The van der Waals surface area contributed by atoms with Crippen molar-refractivity contribution in [1.82, 2.24) is 9.80 Å². The van der Waals surface area contributed by atoms with Gasteiger partial charge in [-0.1, -0.05) is 0 Å². The molecule has 3 atom stereocenters. The molecule has 2 aliphatic heterocycles. The molecule has 0 saturated carbocycles. The van der Waals surface area contributed by atoms with E-state index >= 15 is 0 Å². The molecule has 2 aliphatic rings. The molecule has 2 fully saturated rings. The Labute approximate surface area is 109 Å². The highest BCUT2D eigenvalue weighted by Gasteiger charge is 2.29. The van der Waals surface area contributed by atoms with E-state index < -0.39 is 6.10 Å². The minimum Gasteiger partial charge on any atom is -0.390 e. The lowest BCUT2D eigenvalue weighted by atomic mass is 10.1. The van der Waals surface area contributed by atoms with Crippen molar-refractivity contribution in [2.45, 2.75) is 44.9 Å². The largest absolute Gasteiger partial charge is 0.390 e. The summed E-state index contributed by atoms with van der Waals surface area (Å²) in [6, 6.07) is 0.662. The predicted octanol–water partition coefficient (Wildman–Crippen LogP) is 0.0789. The fourth-order valence-corrected chi connectivity index (χ4v) is 2.85. The smallest absolute Gasteiger partial charge is 0.222 e. The second kappa shape index (κ2) is 5.99. The lowest BCUT2D eigenvalue weighted by molar-refractivity contribution is -0.129. The van der Waals surface area contributed by atoms with Crippen LogP contribution in [0.25, 0.3) is 0 Å². The van der Waals surface area contributed by atoms with Crippen LogP contribution in [0.2, 0.25) is 0 Å². The molecule has 0 aromatic rings. The van der Waals surface area contributed by atoms with Gasteiger partial charge >= 0.3 is 0 Å². The molecular formula is C13H24N2O3. The highest BCUT2D eigenvalue weighted by Crippen LogP contribution is 2.15. The zero-order valence-corrected chi connectivity index (χ0v) is 11.3. The molecule has 0 aromatic carbocycles. The molecular weight excluding hydrogens is 232 g/mol. The number of β-amino-alcohol motifs (C(OH)–C–C–N with tert-alkyl or cyclic N) is 1. The Kier molecular flexibility index (Phi) is 4.59. The molecule has 1 N–H and O–H groups in total. The maximum absolute atomic E-state index is 11.5. The first kappa shape index (κ1) is 13.8. The Morgan fingerprint density at radius 2 is 2.00 bits per heavy atom. The number of amides is 1. The molecule has 2 heterocycles. The Morgan fingerprint density at radius 1 is 1.33 bits per heavy atom. The van der Waals surface area contributed by atoms with E-state index in [2.05, 4.69) is 18.7 Å². The van der Waals surface area contributed by atoms with Crippen molar-refractivity contribution >= 4 is 5.91 Å². The van der Waals surface area contributed by atoms with Gasteiger partial charge in [0, 0.05) is 38.1 Å². The highest BCUT2D eigenvalue weighted by molar-refractivity contribution is 5.78. The van der Waals surface area contributed by atoms with E-state index in [1.54, 1.807) is 4.90 Å². The summed E-state index contributed by atoms with van der Waals surface area (Å²) in [7, 11) is 0. The number of carbonyl (C=O) groups excluding carboxylic acids is 1. The van der Waals surface area contributed by atoms with Crippen molar-refractivity contribution in [3.63, 3.8) is 0 Å². The molecule has 2 saturated heterocycles. The number of rotatable bonds is 4. The molecule has 3 unspecified atom stereocenters. The molecule has 0 aromatic heterocycles. The molecule has 18 heavy (non-hydrogen) atoms. The summed E-state index contributed by atoms with van der Waals surface area (Å²) in [5.74, 6) is 0.178. The van der Waals surface area contributed by atoms with Crippen molar-refractivity contribution < 1.29 is 14.6 Å². The van der Waals surface area contributed by atoms with Crippen LogP contribution in [0.1, 0.15) is 26.7 Å². The quantitative estimate of drug-likeness (QED) is 0.774. The van der Waals surface area contributed by atoms with Crippen LogP contribution < -0.4 is 0 Å². The first-order chi connectivity index (χ1) is 8.58. The number of nitrogens with zero attached hydrogens (tertiary/aromatic N) is 2. The SMILES string of the molecule is CC1COCC(C)N1CC(O)CN1CCCC1=O. The average molecular weight is 256 g/mol. The lowest BCUT2D eigenvalue weighted by Crippen LogP contribution is -2.53. The summed E-state index contributed by atoms with van der Waals surface area (Å²) in [6.07, 6.45) is 1.10. The van der Waals surface area contributed by atoms with Gasteiger partial charge in [0.25, 0.3) is 0 Å². The van der Waals surface area contributed by atoms with Crippen molar-refractivity contribution in [2.75, 3.05) is 32.8 Å². The van der Waals surface area contributed by atoms with E-state index in [1.165, 1.54) is 0 Å². The molecule has 104 valence electrons. The highest BCUT2D eigenvalue weighted by atomic mass is 16.5. The Morgan fingerprint density at radius 3 is 2.56 bits per heavy atom. The normalized spacial score (nSPS) is 31.9. The fourth-order valence-electron chi connectivity index (χ4n) is 2.85. The molecule has 0 aliphatic carbocycles. The number of ether oxygens (including phenoxy) is 1. The molecule has 0 spiro atoms. The standard InChI is InChI=1S/C13H24N2O3/c1-10-8-18-9-11(2)15(10)7-12(16)6-14-5-3-4-13(14)17/h10-12,16H,3-9H2,1-2H3. The summed E-state index contributed by atoms with van der Waals surface area (Å²) in [5.41, 5.74) is 0. The summed E-state index contributed by atoms with van der Waals surface area (Å²) in [6.45, 7) is 7.56. The first-order valence-corrected chi connectivity index (χ1v) is 6.87. The minimum atomic E-state index is -0.463. The molecule has 2 rings (SSSR count). The number of morpholine rings is 1. The Hall–Kier alpha value is -0.650. The van der Waals surface area contributed by atoms with Crippen LogP contribution >= 0.6 is 0 Å². The third-order valence-electron chi connectivity index (χ3n) is 3.87. The lowest BCUT2D eigenvalue weighted by Gasteiger charge is -2.40. The third-order valence-corrected chi connectivity index (χ3v) is 3.87. The number of aliphatic hydroxyl groups is 1. The van der Waals surface area contributed by atoms with Crippen LogP contribution in [0, 0.1) is 0 Å². The topological polar surface area (TPSA) is 53.0 Å². The number of likely N-dealkylation sites (tertiary alicyclic amines) is 1. The van der Waals surface area contributed by atoms with Gasteiger partial charge in [0.05, 0.1) is 19.3 Å². The summed E-state index contributed by atoms with van der Waals surface area (Å²) in [4.78, 5) is 15.6. The van der Waals surface area contributed by atoms with Crippen LogP contribution in [-0.4, -0.2) is 71.8 Å². The van der Waals surface area contributed by atoms with Gasteiger partial charge in [0.15, 0.2) is 0 Å². The van der Waals surface area contributed by atoms with Gasteiger partial charge in [-0.15, -0.1) is 0 Å². The van der Waals surface area contributed by atoms with Crippen LogP contribution in [0.15, 0.2) is 0 Å². The van der Waals surface area contributed by atoms with Gasteiger partial charge in [-0.3, -0.25) is 9.69 Å². The van der Waals surface area contributed by atoms with Crippen LogP contribution in [0.3, 0.4) is 0 Å². The predicted molar refractivity (Wildman–Crippen MR) is 68.3 cm³/mol. The summed E-state index contributed by atoms with van der Waals surface area (Å²) in [5, 5.41) is 10.1. The van der Waals surface area contributed by atoms with Crippen LogP contribution in [-0.2, 0) is 9.53 Å². The van der Waals surface area contributed by atoms with E-state index in [4.69, 9.17) is 4.74 Å². The molecule has 0 radical (unpaired) electrons. The van der Waals surface area contributed by atoms with Crippen molar-refractivity contribution in [2.24, 2.45) is 0 Å². The minimum absolute atomic E-state index is 0.178.